The molecule has 5 N–H and O–H groups in total. The van der Waals surface area contributed by atoms with Crippen molar-refractivity contribution in [2.45, 2.75) is 32.2 Å². The molecule has 178 valence electrons. The van der Waals surface area contributed by atoms with Crippen LogP contribution in [0.3, 0.4) is 0 Å². The van der Waals surface area contributed by atoms with E-state index in [4.69, 9.17) is 16.2 Å². The van der Waals surface area contributed by atoms with E-state index in [1.54, 1.807) is 12.4 Å². The molecule has 1 atom stereocenters. The van der Waals surface area contributed by atoms with E-state index >= 15 is 0 Å². The zero-order valence-corrected chi connectivity index (χ0v) is 18.9. The molecule has 11 heteroatoms. The second kappa shape index (κ2) is 10.4. The number of rotatable bonds is 7. The molecule has 0 bridgehead atoms. The maximum absolute atomic E-state index is 14.7. The number of halogens is 1. The molecule has 4 rings (SSSR count). The van der Waals surface area contributed by atoms with Crippen LogP contribution in [0.25, 0.3) is 11.4 Å². The van der Waals surface area contributed by atoms with E-state index in [1.807, 2.05) is 13.0 Å². The topological polar surface area (TPSA) is 145 Å². The number of nitrogens with one attached hydrogen (secondary N) is 1. The Bertz CT molecular complexity index is 1180. The first-order valence-corrected chi connectivity index (χ1v) is 11.1. The molecule has 0 radical (unpaired) electrons. The van der Waals surface area contributed by atoms with Gasteiger partial charge in [0.25, 0.3) is 5.91 Å². The number of pyridine rings is 2. The van der Waals surface area contributed by atoms with Crippen molar-refractivity contribution >= 4 is 23.0 Å². The van der Waals surface area contributed by atoms with Crippen LogP contribution in [0.15, 0.2) is 36.9 Å². The van der Waals surface area contributed by atoms with Crippen LogP contribution in [0.4, 0.5) is 21.5 Å². The van der Waals surface area contributed by atoms with Crippen LogP contribution in [0, 0.1) is 5.82 Å². The van der Waals surface area contributed by atoms with Gasteiger partial charge in [0.05, 0.1) is 42.3 Å². The van der Waals surface area contributed by atoms with Gasteiger partial charge in [-0.1, -0.05) is 6.92 Å². The molecule has 3 aromatic heterocycles. The SMILES string of the molecule is CCCOc1cncc(-c2nc(C(=O)Nc3cnccc3N3CCC[C@H](N)C3)c(N)cc2F)n1. The highest BCUT2D eigenvalue weighted by Gasteiger charge is 2.23. The van der Waals surface area contributed by atoms with E-state index in [0.717, 1.165) is 37.6 Å². The molecule has 1 amide bonds. The van der Waals surface area contributed by atoms with E-state index < -0.39 is 11.7 Å². The Hall–Kier alpha value is -3.86. The summed E-state index contributed by atoms with van der Waals surface area (Å²) < 4.78 is 20.2. The van der Waals surface area contributed by atoms with E-state index in [2.05, 4.69) is 30.2 Å². The quantitative estimate of drug-likeness (QED) is 0.478. The molecule has 3 aromatic rings. The van der Waals surface area contributed by atoms with Crippen LogP contribution in [-0.2, 0) is 0 Å². The summed E-state index contributed by atoms with van der Waals surface area (Å²) >= 11 is 0. The summed E-state index contributed by atoms with van der Waals surface area (Å²) in [7, 11) is 0. The zero-order valence-electron chi connectivity index (χ0n) is 18.9. The third-order valence-electron chi connectivity index (χ3n) is 5.37. The Morgan fingerprint density at radius 1 is 1.29 bits per heavy atom. The Morgan fingerprint density at radius 2 is 2.15 bits per heavy atom. The van der Waals surface area contributed by atoms with Gasteiger partial charge in [0.2, 0.25) is 5.88 Å². The van der Waals surface area contributed by atoms with Crippen molar-refractivity contribution < 1.29 is 13.9 Å². The van der Waals surface area contributed by atoms with Gasteiger partial charge in [0, 0.05) is 31.4 Å². The standard InChI is InChI=1S/C23H27FN8O2/c1-2-8-34-20-12-28-11-18(29-20)21-15(24)9-16(26)22(31-21)23(33)30-17-10-27-6-5-19(17)32-7-3-4-14(25)13-32/h5-6,9-12,14H,2-4,7-8,13,25-26H2,1H3,(H,30,33)/t14-/m0/s1. The van der Waals surface area contributed by atoms with Crippen LogP contribution in [-0.4, -0.2) is 51.6 Å². The number of hydrogen-bond donors (Lipinski definition) is 3. The smallest absolute Gasteiger partial charge is 0.276 e. The third-order valence-corrected chi connectivity index (χ3v) is 5.37. The van der Waals surface area contributed by atoms with Gasteiger partial charge in [-0.3, -0.25) is 14.8 Å². The fourth-order valence-electron chi connectivity index (χ4n) is 3.77. The molecule has 0 unspecified atom stereocenters. The molecule has 1 saturated heterocycles. The third kappa shape index (κ3) is 5.20. The lowest BCUT2D eigenvalue weighted by Gasteiger charge is -2.33. The number of ether oxygens (including phenoxy) is 1. The van der Waals surface area contributed by atoms with E-state index in [0.29, 0.717) is 18.8 Å². The van der Waals surface area contributed by atoms with Crippen LogP contribution in [0.2, 0.25) is 0 Å². The van der Waals surface area contributed by atoms with Gasteiger partial charge < -0.3 is 26.4 Å². The van der Waals surface area contributed by atoms with Crippen molar-refractivity contribution in [1.29, 1.82) is 0 Å². The van der Waals surface area contributed by atoms with Crippen molar-refractivity contribution in [3.05, 3.63) is 48.4 Å². The second-order valence-electron chi connectivity index (χ2n) is 8.04. The molecular weight excluding hydrogens is 439 g/mol. The number of nitrogen functional groups attached to an aromatic ring is 1. The first-order valence-electron chi connectivity index (χ1n) is 11.1. The van der Waals surface area contributed by atoms with E-state index in [1.165, 1.54) is 12.4 Å². The molecule has 4 heterocycles. The molecule has 1 fully saturated rings. The van der Waals surface area contributed by atoms with Gasteiger partial charge in [-0.2, -0.15) is 0 Å². The van der Waals surface area contributed by atoms with Crippen molar-refractivity contribution in [2.24, 2.45) is 5.73 Å². The number of anilines is 3. The van der Waals surface area contributed by atoms with Crippen LogP contribution in [0.1, 0.15) is 36.7 Å². The molecule has 0 saturated carbocycles. The van der Waals surface area contributed by atoms with Gasteiger partial charge >= 0.3 is 0 Å². The molecule has 10 nitrogen and oxygen atoms in total. The largest absolute Gasteiger partial charge is 0.477 e. The van der Waals surface area contributed by atoms with E-state index in [9.17, 15) is 9.18 Å². The molecule has 1 aliphatic heterocycles. The van der Waals surface area contributed by atoms with Gasteiger partial charge in [-0.25, -0.2) is 14.4 Å². The number of amides is 1. The van der Waals surface area contributed by atoms with Crippen LogP contribution < -0.4 is 26.4 Å². The predicted molar refractivity (Wildman–Crippen MR) is 127 cm³/mol. The molecule has 1 aliphatic rings. The highest BCUT2D eigenvalue weighted by Crippen LogP contribution is 2.29. The summed E-state index contributed by atoms with van der Waals surface area (Å²) in [5.74, 6) is -1.08. The number of aromatic nitrogens is 4. The van der Waals surface area contributed by atoms with Crippen molar-refractivity contribution in [1.82, 2.24) is 19.9 Å². The molecule has 34 heavy (non-hydrogen) atoms. The number of nitrogens with zero attached hydrogens (tertiary/aromatic N) is 5. The number of carbonyl (C=O) groups excluding carboxylic acids is 1. The summed E-state index contributed by atoms with van der Waals surface area (Å²) in [4.78, 5) is 31.8. The number of piperidine rings is 1. The van der Waals surface area contributed by atoms with E-state index in [-0.39, 0.29) is 34.7 Å². The van der Waals surface area contributed by atoms with Crippen LogP contribution >= 0.6 is 0 Å². The minimum Gasteiger partial charge on any atom is -0.477 e. The number of hydrogen-bond acceptors (Lipinski definition) is 9. The average Bonchev–Trinajstić information content (AvgIpc) is 2.83. The number of carbonyl (C=O) groups is 1. The lowest BCUT2D eigenvalue weighted by molar-refractivity contribution is 0.102. The maximum atomic E-state index is 14.7. The Balaban J connectivity index is 1.62. The van der Waals surface area contributed by atoms with Gasteiger partial charge in [0.1, 0.15) is 11.4 Å². The summed E-state index contributed by atoms with van der Waals surface area (Å²) in [6.07, 6.45) is 8.67. The fraction of sp³-hybridized carbons (Fsp3) is 0.348. The normalized spacial score (nSPS) is 15.7. The summed E-state index contributed by atoms with van der Waals surface area (Å²) in [5.41, 5.74) is 13.1. The van der Waals surface area contributed by atoms with Gasteiger partial charge in [-0.05, 0) is 25.3 Å². The Labute approximate surface area is 196 Å². The maximum Gasteiger partial charge on any atom is 0.276 e. The van der Waals surface area contributed by atoms with Crippen molar-refractivity contribution in [2.75, 3.05) is 35.6 Å². The molecule has 0 aromatic carbocycles. The first kappa shape index (κ1) is 23.3. The second-order valence-corrected chi connectivity index (χ2v) is 8.04. The van der Waals surface area contributed by atoms with Crippen LogP contribution in [0.5, 0.6) is 5.88 Å². The lowest BCUT2D eigenvalue weighted by Crippen LogP contribution is -2.43. The summed E-state index contributed by atoms with van der Waals surface area (Å²) in [6, 6.07) is 2.92. The average molecular weight is 467 g/mol. The van der Waals surface area contributed by atoms with Gasteiger partial charge in [0.15, 0.2) is 11.5 Å². The minimum atomic E-state index is -0.722. The summed E-state index contributed by atoms with van der Waals surface area (Å²) in [6.45, 7) is 3.88. The Morgan fingerprint density at radius 3 is 2.94 bits per heavy atom. The predicted octanol–water partition coefficient (Wildman–Crippen LogP) is 2.62. The monoisotopic (exact) mass is 466 g/mol. The highest BCUT2D eigenvalue weighted by molar-refractivity contribution is 6.07. The Kier molecular flexibility index (Phi) is 7.12. The fourth-order valence-corrected chi connectivity index (χ4v) is 3.77. The molecular formula is C23H27FN8O2. The van der Waals surface area contributed by atoms with Crippen molar-refractivity contribution in [3.63, 3.8) is 0 Å². The zero-order chi connectivity index (χ0) is 24.1. The molecule has 0 aliphatic carbocycles. The minimum absolute atomic E-state index is 0.0561. The first-order chi connectivity index (χ1) is 16.5. The number of nitrogens with two attached hydrogens (primary N) is 2. The molecule has 0 spiro atoms. The van der Waals surface area contributed by atoms with Crippen molar-refractivity contribution in [3.8, 4) is 17.3 Å². The van der Waals surface area contributed by atoms with Gasteiger partial charge in [-0.15, -0.1) is 0 Å². The summed E-state index contributed by atoms with van der Waals surface area (Å²) in [5, 5.41) is 2.81. The lowest BCUT2D eigenvalue weighted by atomic mass is 10.1. The highest BCUT2D eigenvalue weighted by atomic mass is 19.1.